The summed E-state index contributed by atoms with van der Waals surface area (Å²) in [7, 11) is 1.56. The van der Waals surface area contributed by atoms with Crippen molar-refractivity contribution in [3.8, 4) is 0 Å². The van der Waals surface area contributed by atoms with Gasteiger partial charge in [0.15, 0.2) is 6.61 Å². The van der Waals surface area contributed by atoms with E-state index in [0.29, 0.717) is 5.69 Å². The molecule has 0 aromatic heterocycles. The summed E-state index contributed by atoms with van der Waals surface area (Å²) in [6.45, 7) is 3.60. The Labute approximate surface area is 146 Å². The number of nitrogens with zero attached hydrogens (tertiary/aromatic N) is 2. The zero-order valence-corrected chi connectivity index (χ0v) is 14.7. The van der Waals surface area contributed by atoms with Gasteiger partial charge < -0.3 is 15.0 Å². The molecule has 0 unspecified atom stereocenters. The first-order chi connectivity index (χ1) is 11.8. The normalized spacial score (nSPS) is 20.0. The predicted octanol–water partition coefficient (Wildman–Crippen LogP) is 2.58. The summed E-state index contributed by atoms with van der Waals surface area (Å²) in [5.74, 6) is -0.995. The minimum atomic E-state index is -0.753. The van der Waals surface area contributed by atoms with E-state index in [1.165, 1.54) is 12.1 Å². The van der Waals surface area contributed by atoms with E-state index >= 15 is 0 Å². The van der Waals surface area contributed by atoms with Crippen molar-refractivity contribution in [1.29, 1.82) is 0 Å². The maximum atomic E-state index is 12.4. The second-order valence-corrected chi connectivity index (χ2v) is 6.25. The van der Waals surface area contributed by atoms with Crippen LogP contribution in [0.15, 0.2) is 18.2 Å². The number of hydrogen-bond acceptors (Lipinski definition) is 6. The Balaban J connectivity index is 2.03. The molecule has 0 spiro atoms. The van der Waals surface area contributed by atoms with Crippen molar-refractivity contribution in [1.82, 2.24) is 4.90 Å². The zero-order valence-electron chi connectivity index (χ0n) is 14.7. The molecule has 2 rings (SSSR count). The number of benzene rings is 1. The molecule has 1 N–H and O–H groups in total. The minimum absolute atomic E-state index is 0.0400. The molecule has 2 atom stereocenters. The van der Waals surface area contributed by atoms with Crippen molar-refractivity contribution in [2.75, 3.05) is 19.0 Å². The first kappa shape index (κ1) is 18.7. The maximum Gasteiger partial charge on any atom is 0.338 e. The van der Waals surface area contributed by atoms with E-state index in [4.69, 9.17) is 4.74 Å². The quantitative estimate of drug-likeness (QED) is 0.498. The summed E-state index contributed by atoms with van der Waals surface area (Å²) in [5.41, 5.74) is 0.119. The monoisotopic (exact) mass is 349 g/mol. The average molecular weight is 349 g/mol. The lowest BCUT2D eigenvalue weighted by Gasteiger charge is -2.38. The molecule has 1 fully saturated rings. The van der Waals surface area contributed by atoms with Gasteiger partial charge in [0, 0.05) is 25.2 Å². The van der Waals surface area contributed by atoms with Gasteiger partial charge in [-0.2, -0.15) is 0 Å². The van der Waals surface area contributed by atoms with Gasteiger partial charge in [0.25, 0.3) is 11.6 Å². The molecule has 0 saturated carbocycles. The van der Waals surface area contributed by atoms with E-state index in [-0.39, 0.29) is 35.8 Å². The lowest BCUT2D eigenvalue weighted by atomic mass is 9.97. The van der Waals surface area contributed by atoms with Gasteiger partial charge in [-0.05, 0) is 45.2 Å². The van der Waals surface area contributed by atoms with Crippen LogP contribution in [0.1, 0.15) is 43.5 Å². The third kappa shape index (κ3) is 4.26. The average Bonchev–Trinajstić information content (AvgIpc) is 2.58. The smallest absolute Gasteiger partial charge is 0.338 e. The topological polar surface area (TPSA) is 102 Å². The molecular formula is C17H23N3O5. The van der Waals surface area contributed by atoms with Gasteiger partial charge in [-0.15, -0.1) is 0 Å². The number of carbonyl (C=O) groups excluding carboxylic acids is 2. The molecule has 1 aromatic rings. The summed E-state index contributed by atoms with van der Waals surface area (Å²) in [4.78, 5) is 36.7. The van der Waals surface area contributed by atoms with E-state index < -0.39 is 10.9 Å². The number of carbonyl (C=O) groups is 2. The molecule has 1 aliphatic rings. The molecule has 0 radical (unpaired) electrons. The van der Waals surface area contributed by atoms with E-state index in [2.05, 4.69) is 5.32 Å². The number of hydrogen-bond donors (Lipinski definition) is 1. The Hall–Kier alpha value is -2.64. The summed E-state index contributed by atoms with van der Waals surface area (Å²) in [5, 5.41) is 13.7. The van der Waals surface area contributed by atoms with E-state index in [1.54, 1.807) is 11.9 Å². The van der Waals surface area contributed by atoms with Crippen molar-refractivity contribution >= 4 is 23.3 Å². The Morgan fingerprint density at radius 2 is 1.96 bits per heavy atom. The summed E-state index contributed by atoms with van der Waals surface area (Å²) >= 11 is 0. The Morgan fingerprint density at radius 3 is 2.52 bits per heavy atom. The minimum Gasteiger partial charge on any atom is -0.452 e. The number of nitro groups is 1. The van der Waals surface area contributed by atoms with Crippen LogP contribution in [0.3, 0.4) is 0 Å². The largest absolute Gasteiger partial charge is 0.452 e. The fraction of sp³-hybridized carbons (Fsp3) is 0.529. The molecule has 8 heteroatoms. The van der Waals surface area contributed by atoms with E-state index in [9.17, 15) is 19.7 Å². The maximum absolute atomic E-state index is 12.4. The van der Waals surface area contributed by atoms with E-state index in [0.717, 1.165) is 25.3 Å². The van der Waals surface area contributed by atoms with Gasteiger partial charge in [-0.3, -0.25) is 14.9 Å². The van der Waals surface area contributed by atoms with Gasteiger partial charge in [-0.25, -0.2) is 4.79 Å². The van der Waals surface area contributed by atoms with Gasteiger partial charge in [0.2, 0.25) is 0 Å². The van der Waals surface area contributed by atoms with Gasteiger partial charge >= 0.3 is 5.97 Å². The Morgan fingerprint density at radius 1 is 1.32 bits per heavy atom. The Bertz CT molecular complexity index is 666. The van der Waals surface area contributed by atoms with Crippen molar-refractivity contribution in [2.24, 2.45) is 0 Å². The van der Waals surface area contributed by atoms with Crippen LogP contribution in [0.5, 0.6) is 0 Å². The molecule has 1 amide bonds. The van der Waals surface area contributed by atoms with Gasteiger partial charge in [-0.1, -0.05) is 0 Å². The SMILES string of the molecule is CNc1ccc(C(=O)OCC(=O)N2[C@H](C)CCC[C@H]2C)cc1[N+](=O)[O-]. The molecule has 136 valence electrons. The first-order valence-corrected chi connectivity index (χ1v) is 8.29. The van der Waals surface area contributed by atoms with Crippen LogP contribution in [0.4, 0.5) is 11.4 Å². The first-order valence-electron chi connectivity index (χ1n) is 8.29. The van der Waals surface area contributed by atoms with Crippen LogP contribution in [0.25, 0.3) is 0 Å². The lowest BCUT2D eigenvalue weighted by molar-refractivity contribution is -0.384. The van der Waals surface area contributed by atoms with Crippen LogP contribution in [-0.4, -0.2) is 47.4 Å². The Kier molecular flexibility index (Phi) is 5.95. The highest BCUT2D eigenvalue weighted by Gasteiger charge is 2.29. The number of piperidine rings is 1. The molecule has 0 aliphatic carbocycles. The highest BCUT2D eigenvalue weighted by Crippen LogP contribution is 2.26. The van der Waals surface area contributed by atoms with Gasteiger partial charge in [0.05, 0.1) is 10.5 Å². The molecular weight excluding hydrogens is 326 g/mol. The van der Waals surface area contributed by atoms with Gasteiger partial charge in [0.1, 0.15) is 5.69 Å². The van der Waals surface area contributed by atoms with Crippen molar-refractivity contribution < 1.29 is 19.2 Å². The molecule has 8 nitrogen and oxygen atoms in total. The summed E-state index contributed by atoms with van der Waals surface area (Å²) < 4.78 is 5.07. The second-order valence-electron chi connectivity index (χ2n) is 6.25. The van der Waals surface area contributed by atoms with Crippen LogP contribution >= 0.6 is 0 Å². The zero-order chi connectivity index (χ0) is 18.6. The number of nitro benzene ring substituents is 1. The van der Waals surface area contributed by atoms with Crippen LogP contribution in [-0.2, 0) is 9.53 Å². The standard InChI is InChI=1S/C17H23N3O5/c1-11-5-4-6-12(2)19(11)16(21)10-25-17(22)13-7-8-14(18-3)15(9-13)20(23)24/h7-9,11-12,18H,4-6,10H2,1-3H3/t11-,12-/m1/s1. The molecule has 1 heterocycles. The van der Waals surface area contributed by atoms with Crippen molar-refractivity contribution in [2.45, 2.75) is 45.2 Å². The van der Waals surface area contributed by atoms with Crippen LogP contribution in [0, 0.1) is 10.1 Å². The molecule has 25 heavy (non-hydrogen) atoms. The number of likely N-dealkylation sites (tertiary alicyclic amines) is 1. The fourth-order valence-corrected chi connectivity index (χ4v) is 3.22. The molecule has 1 aromatic carbocycles. The highest BCUT2D eigenvalue weighted by atomic mass is 16.6. The molecule has 0 bridgehead atoms. The third-order valence-electron chi connectivity index (χ3n) is 4.51. The third-order valence-corrected chi connectivity index (χ3v) is 4.51. The molecule has 1 saturated heterocycles. The number of rotatable bonds is 5. The summed E-state index contributed by atoms with van der Waals surface area (Å²) in [6, 6.07) is 4.24. The fourth-order valence-electron chi connectivity index (χ4n) is 3.22. The highest BCUT2D eigenvalue weighted by molar-refractivity contribution is 5.93. The van der Waals surface area contributed by atoms with Crippen molar-refractivity contribution in [3.05, 3.63) is 33.9 Å². The number of ether oxygens (including phenoxy) is 1. The number of esters is 1. The van der Waals surface area contributed by atoms with Crippen LogP contribution < -0.4 is 5.32 Å². The number of amides is 1. The summed E-state index contributed by atoms with van der Waals surface area (Å²) in [6.07, 6.45) is 2.94. The number of anilines is 1. The lowest BCUT2D eigenvalue weighted by Crippen LogP contribution is -2.49. The number of nitrogens with one attached hydrogen (secondary N) is 1. The van der Waals surface area contributed by atoms with E-state index in [1.807, 2.05) is 13.8 Å². The molecule has 1 aliphatic heterocycles. The predicted molar refractivity (Wildman–Crippen MR) is 92.5 cm³/mol. The second kappa shape index (κ2) is 7.96. The van der Waals surface area contributed by atoms with Crippen molar-refractivity contribution in [3.63, 3.8) is 0 Å². The van der Waals surface area contributed by atoms with Crippen LogP contribution in [0.2, 0.25) is 0 Å².